The molecule has 0 saturated carbocycles. The van der Waals surface area contributed by atoms with E-state index in [1.165, 1.54) is 19.2 Å². The molecule has 0 unspecified atom stereocenters. The Balaban J connectivity index is 2.19. The molecule has 108 valence electrons. The second-order valence-electron chi connectivity index (χ2n) is 4.19. The first-order valence-corrected chi connectivity index (χ1v) is 6.29. The van der Waals surface area contributed by atoms with Crippen LogP contribution in [0.5, 0.6) is 11.5 Å². The Morgan fingerprint density at radius 1 is 1.30 bits per heavy atom. The van der Waals surface area contributed by atoms with Gasteiger partial charge in [0, 0.05) is 5.56 Å². The fraction of sp³-hybridized carbons (Fsp3) is 0.429. The number of Topliss-reactive ketones (excluding diaryl/α,β-unsaturated/α-hetero) is 1. The summed E-state index contributed by atoms with van der Waals surface area (Å²) in [6, 6.07) is 4.57. The normalized spacial score (nSPS) is 14.3. The number of ketones is 1. The zero-order chi connectivity index (χ0) is 14.5. The summed E-state index contributed by atoms with van der Waals surface area (Å²) in [7, 11) is 1.51. The molecule has 1 aliphatic rings. The molecule has 2 rings (SSSR count). The smallest absolute Gasteiger partial charge is 0.379 e. The van der Waals surface area contributed by atoms with Crippen LogP contribution in [0.2, 0.25) is 0 Å². The summed E-state index contributed by atoms with van der Waals surface area (Å²) >= 11 is 0. The predicted molar refractivity (Wildman–Crippen MR) is 69.2 cm³/mol. The summed E-state index contributed by atoms with van der Waals surface area (Å²) in [6.45, 7) is 2.80. The van der Waals surface area contributed by atoms with Gasteiger partial charge < -0.3 is 18.9 Å². The van der Waals surface area contributed by atoms with Crippen LogP contribution in [0.3, 0.4) is 0 Å². The quantitative estimate of drug-likeness (QED) is 0.443. The number of esters is 1. The van der Waals surface area contributed by atoms with Gasteiger partial charge in [0.2, 0.25) is 0 Å². The maximum atomic E-state index is 11.9. The molecule has 1 aromatic rings. The van der Waals surface area contributed by atoms with Gasteiger partial charge in [0.05, 0.1) is 26.9 Å². The van der Waals surface area contributed by atoms with Crippen LogP contribution in [0, 0.1) is 0 Å². The fourth-order valence-corrected chi connectivity index (χ4v) is 1.69. The number of carbonyl (C=O) groups excluding carboxylic acids is 2. The first kappa shape index (κ1) is 14.3. The molecule has 0 bridgehead atoms. The van der Waals surface area contributed by atoms with Gasteiger partial charge >= 0.3 is 5.97 Å². The molecule has 6 nitrogen and oxygen atoms in total. The van der Waals surface area contributed by atoms with Gasteiger partial charge in [0.1, 0.15) is 6.10 Å². The molecule has 1 aliphatic heterocycles. The number of hydrogen-bond acceptors (Lipinski definition) is 6. The van der Waals surface area contributed by atoms with Crippen LogP contribution >= 0.6 is 0 Å². The van der Waals surface area contributed by atoms with E-state index in [0.717, 1.165) is 0 Å². The van der Waals surface area contributed by atoms with Crippen molar-refractivity contribution in [3.63, 3.8) is 0 Å². The van der Waals surface area contributed by atoms with E-state index in [4.69, 9.17) is 14.2 Å². The number of carbonyl (C=O) groups is 2. The Hall–Kier alpha value is -2.08. The highest BCUT2D eigenvalue weighted by molar-refractivity contribution is 6.40. The van der Waals surface area contributed by atoms with Gasteiger partial charge in [-0.15, -0.1) is 0 Å². The van der Waals surface area contributed by atoms with E-state index in [-0.39, 0.29) is 18.3 Å². The van der Waals surface area contributed by atoms with E-state index in [0.29, 0.717) is 24.7 Å². The van der Waals surface area contributed by atoms with Gasteiger partial charge in [0.25, 0.3) is 5.78 Å². The molecule has 6 heteroatoms. The van der Waals surface area contributed by atoms with Crippen molar-refractivity contribution < 1.29 is 28.5 Å². The maximum Gasteiger partial charge on any atom is 0.379 e. The number of hydrogen-bond donors (Lipinski definition) is 0. The zero-order valence-electron chi connectivity index (χ0n) is 11.4. The molecule has 0 atom stereocenters. The fourth-order valence-electron chi connectivity index (χ4n) is 1.69. The number of methoxy groups -OCH3 is 1. The third-order valence-corrected chi connectivity index (χ3v) is 2.79. The van der Waals surface area contributed by atoms with Crippen LogP contribution in [-0.2, 0) is 14.3 Å². The van der Waals surface area contributed by atoms with E-state index in [2.05, 4.69) is 4.74 Å². The zero-order valence-corrected chi connectivity index (χ0v) is 11.4. The van der Waals surface area contributed by atoms with Gasteiger partial charge in [-0.2, -0.15) is 0 Å². The molecule has 0 amide bonds. The summed E-state index contributed by atoms with van der Waals surface area (Å²) in [5.41, 5.74) is 0.208. The summed E-state index contributed by atoms with van der Waals surface area (Å²) in [5.74, 6) is -0.673. The first-order valence-electron chi connectivity index (χ1n) is 6.29. The van der Waals surface area contributed by atoms with Gasteiger partial charge in [0.15, 0.2) is 11.5 Å². The topological polar surface area (TPSA) is 71.1 Å². The lowest BCUT2D eigenvalue weighted by atomic mass is 10.1. The number of rotatable bonds is 6. The van der Waals surface area contributed by atoms with Crippen molar-refractivity contribution >= 4 is 11.8 Å². The third-order valence-electron chi connectivity index (χ3n) is 2.79. The third kappa shape index (κ3) is 3.08. The van der Waals surface area contributed by atoms with Crippen LogP contribution in [-0.4, -0.2) is 44.8 Å². The molecule has 1 saturated heterocycles. The average Bonchev–Trinajstić information content (AvgIpc) is 2.42. The highest BCUT2D eigenvalue weighted by Gasteiger charge is 2.24. The lowest BCUT2D eigenvalue weighted by molar-refractivity contribution is -0.137. The van der Waals surface area contributed by atoms with E-state index < -0.39 is 11.8 Å². The Kier molecular flexibility index (Phi) is 4.57. The molecule has 1 heterocycles. The molecule has 0 aromatic heterocycles. The number of ether oxygens (including phenoxy) is 4. The Morgan fingerprint density at radius 2 is 2.05 bits per heavy atom. The maximum absolute atomic E-state index is 11.9. The van der Waals surface area contributed by atoms with Gasteiger partial charge in [-0.25, -0.2) is 4.79 Å². The lowest BCUT2D eigenvalue weighted by Crippen LogP contribution is -2.38. The van der Waals surface area contributed by atoms with E-state index in [9.17, 15) is 9.59 Å². The van der Waals surface area contributed by atoms with Crippen molar-refractivity contribution in [3.05, 3.63) is 23.8 Å². The molecule has 0 spiro atoms. The van der Waals surface area contributed by atoms with Crippen molar-refractivity contribution in [2.24, 2.45) is 0 Å². The second kappa shape index (κ2) is 6.38. The minimum atomic E-state index is -0.879. The highest BCUT2D eigenvalue weighted by atomic mass is 16.6. The van der Waals surface area contributed by atoms with Gasteiger partial charge in [-0.3, -0.25) is 4.79 Å². The molecular formula is C14H16O6. The molecular weight excluding hydrogens is 264 g/mol. The summed E-state index contributed by atoms with van der Waals surface area (Å²) in [6.07, 6.45) is -0.0585. The molecule has 0 radical (unpaired) electrons. The average molecular weight is 280 g/mol. The highest BCUT2D eigenvalue weighted by Crippen LogP contribution is 2.30. The van der Waals surface area contributed by atoms with Gasteiger partial charge in [-0.1, -0.05) is 0 Å². The molecule has 1 fully saturated rings. The Bertz CT molecular complexity index is 506. The van der Waals surface area contributed by atoms with Crippen LogP contribution in [0.25, 0.3) is 0 Å². The summed E-state index contributed by atoms with van der Waals surface area (Å²) in [5, 5.41) is 0. The Morgan fingerprint density at radius 3 is 2.60 bits per heavy atom. The van der Waals surface area contributed by atoms with Crippen molar-refractivity contribution in [1.29, 1.82) is 0 Å². The van der Waals surface area contributed by atoms with E-state index in [1.54, 1.807) is 13.0 Å². The standard InChI is InChI=1S/C14H16O6/c1-3-19-14(16)13(15)9-4-5-11(17-2)12(6-9)20-10-7-18-8-10/h4-6,10H,3,7-8H2,1-2H3. The van der Waals surface area contributed by atoms with Crippen molar-refractivity contribution in [2.75, 3.05) is 26.9 Å². The van der Waals surface area contributed by atoms with Crippen LogP contribution in [0.4, 0.5) is 0 Å². The number of benzene rings is 1. The largest absolute Gasteiger partial charge is 0.493 e. The molecule has 0 aliphatic carbocycles. The van der Waals surface area contributed by atoms with Crippen molar-refractivity contribution in [2.45, 2.75) is 13.0 Å². The van der Waals surface area contributed by atoms with Crippen molar-refractivity contribution in [1.82, 2.24) is 0 Å². The minimum Gasteiger partial charge on any atom is -0.493 e. The SMILES string of the molecule is CCOC(=O)C(=O)c1ccc(OC)c(OC2COC2)c1. The minimum absolute atomic E-state index is 0.0585. The van der Waals surface area contributed by atoms with Crippen molar-refractivity contribution in [3.8, 4) is 11.5 Å². The second-order valence-corrected chi connectivity index (χ2v) is 4.19. The molecule has 0 N–H and O–H groups in total. The first-order chi connectivity index (χ1) is 9.65. The predicted octanol–water partition coefficient (Wildman–Crippen LogP) is 1.22. The van der Waals surface area contributed by atoms with E-state index in [1.807, 2.05) is 0 Å². The van der Waals surface area contributed by atoms with E-state index >= 15 is 0 Å². The Labute approximate surface area is 116 Å². The van der Waals surface area contributed by atoms with Crippen LogP contribution in [0.15, 0.2) is 18.2 Å². The lowest BCUT2D eigenvalue weighted by Gasteiger charge is -2.27. The van der Waals surface area contributed by atoms with Crippen LogP contribution in [0.1, 0.15) is 17.3 Å². The monoisotopic (exact) mass is 280 g/mol. The molecule has 1 aromatic carbocycles. The summed E-state index contributed by atoms with van der Waals surface area (Å²) < 4.78 is 20.5. The molecule has 20 heavy (non-hydrogen) atoms. The summed E-state index contributed by atoms with van der Waals surface area (Å²) in [4.78, 5) is 23.3. The van der Waals surface area contributed by atoms with Gasteiger partial charge in [-0.05, 0) is 25.1 Å². The van der Waals surface area contributed by atoms with Crippen LogP contribution < -0.4 is 9.47 Å².